The molecule has 0 bridgehead atoms. The number of nitrogens with two attached hydrogens (primary N) is 1. The molecule has 0 aromatic carbocycles. The van der Waals surface area contributed by atoms with Gasteiger partial charge in [0.2, 0.25) is 0 Å². The highest BCUT2D eigenvalue weighted by atomic mass is 16.5. The fourth-order valence-corrected chi connectivity index (χ4v) is 1.82. The Labute approximate surface area is 113 Å². The van der Waals surface area contributed by atoms with Crippen molar-refractivity contribution in [1.29, 1.82) is 0 Å². The second-order valence-corrected chi connectivity index (χ2v) is 4.90. The first-order valence-corrected chi connectivity index (χ1v) is 6.46. The smallest absolute Gasteiger partial charge is 0.0951 e. The van der Waals surface area contributed by atoms with Crippen LogP contribution in [0.4, 0.5) is 5.69 Å². The summed E-state index contributed by atoms with van der Waals surface area (Å²) in [6, 6.07) is 1.79. The first kappa shape index (κ1) is 13.5. The fraction of sp³-hybridized carbons (Fsp3) is 0.429. The van der Waals surface area contributed by atoms with Crippen LogP contribution in [0.1, 0.15) is 13.8 Å². The van der Waals surface area contributed by atoms with E-state index in [0.717, 1.165) is 24.4 Å². The number of aromatic nitrogens is 3. The summed E-state index contributed by atoms with van der Waals surface area (Å²) >= 11 is 0. The van der Waals surface area contributed by atoms with E-state index in [9.17, 15) is 0 Å². The van der Waals surface area contributed by atoms with Crippen molar-refractivity contribution in [2.45, 2.75) is 20.4 Å². The zero-order valence-corrected chi connectivity index (χ0v) is 11.4. The van der Waals surface area contributed by atoms with Gasteiger partial charge in [-0.15, -0.1) is 0 Å². The predicted octanol–water partition coefficient (Wildman–Crippen LogP) is 2.20. The minimum absolute atomic E-state index is 0.552. The molecule has 5 nitrogen and oxygen atoms in total. The topological polar surface area (TPSA) is 66.0 Å². The molecule has 0 spiro atoms. The van der Waals surface area contributed by atoms with Crippen LogP contribution in [-0.4, -0.2) is 27.7 Å². The van der Waals surface area contributed by atoms with E-state index >= 15 is 0 Å². The van der Waals surface area contributed by atoms with Gasteiger partial charge < -0.3 is 15.0 Å². The Balaban J connectivity index is 2.04. The second-order valence-electron chi connectivity index (χ2n) is 4.90. The predicted molar refractivity (Wildman–Crippen MR) is 75.5 cm³/mol. The summed E-state index contributed by atoms with van der Waals surface area (Å²) in [4.78, 5) is 8.29. The maximum Gasteiger partial charge on any atom is 0.0951 e. The van der Waals surface area contributed by atoms with E-state index in [0.29, 0.717) is 18.2 Å². The van der Waals surface area contributed by atoms with Gasteiger partial charge in [0.05, 0.1) is 24.8 Å². The quantitative estimate of drug-likeness (QED) is 0.809. The van der Waals surface area contributed by atoms with Crippen LogP contribution in [0.25, 0.3) is 11.3 Å². The van der Waals surface area contributed by atoms with E-state index in [1.807, 2.05) is 4.57 Å². The molecule has 2 aromatic rings. The lowest BCUT2D eigenvalue weighted by Crippen LogP contribution is -2.10. The van der Waals surface area contributed by atoms with Crippen molar-refractivity contribution in [3.63, 3.8) is 0 Å². The molecule has 0 aliphatic carbocycles. The minimum atomic E-state index is 0.552. The lowest BCUT2D eigenvalue weighted by atomic mass is 10.2. The molecule has 0 aliphatic heterocycles. The Morgan fingerprint density at radius 1 is 1.32 bits per heavy atom. The Morgan fingerprint density at radius 2 is 2.16 bits per heavy atom. The summed E-state index contributed by atoms with van der Waals surface area (Å²) in [6.07, 6.45) is 7.04. The monoisotopic (exact) mass is 260 g/mol. The summed E-state index contributed by atoms with van der Waals surface area (Å²) in [5.74, 6) is 0.552. The molecule has 0 saturated carbocycles. The van der Waals surface area contributed by atoms with E-state index in [4.69, 9.17) is 10.5 Å². The van der Waals surface area contributed by atoms with Gasteiger partial charge in [-0.2, -0.15) is 0 Å². The number of anilines is 1. The van der Waals surface area contributed by atoms with Crippen molar-refractivity contribution < 1.29 is 4.74 Å². The molecule has 2 aromatic heterocycles. The third kappa shape index (κ3) is 3.54. The third-order valence-electron chi connectivity index (χ3n) is 2.77. The van der Waals surface area contributed by atoms with Gasteiger partial charge in [0.1, 0.15) is 0 Å². The van der Waals surface area contributed by atoms with Gasteiger partial charge in [-0.05, 0) is 12.0 Å². The highest BCUT2D eigenvalue weighted by Gasteiger charge is 2.08. The van der Waals surface area contributed by atoms with Gasteiger partial charge in [0.25, 0.3) is 0 Å². The molecule has 0 fully saturated rings. The molecular formula is C14H20N4O. The number of hydrogen-bond acceptors (Lipinski definition) is 4. The largest absolute Gasteiger partial charge is 0.398 e. The molecule has 2 heterocycles. The van der Waals surface area contributed by atoms with Crippen LogP contribution in [0, 0.1) is 5.92 Å². The molecule has 0 saturated heterocycles. The Morgan fingerprint density at radius 3 is 2.89 bits per heavy atom. The lowest BCUT2D eigenvalue weighted by molar-refractivity contribution is 0.103. The van der Waals surface area contributed by atoms with Gasteiger partial charge in [-0.25, -0.2) is 4.98 Å². The number of imidazole rings is 1. The average Bonchev–Trinajstić information content (AvgIpc) is 2.83. The Hall–Kier alpha value is -1.88. The van der Waals surface area contributed by atoms with Crippen molar-refractivity contribution in [2.24, 2.45) is 5.92 Å². The number of hydrogen-bond donors (Lipinski definition) is 1. The van der Waals surface area contributed by atoms with Gasteiger partial charge in [0, 0.05) is 36.8 Å². The second kappa shape index (κ2) is 6.33. The molecule has 0 aliphatic rings. The number of pyridine rings is 1. The molecule has 0 amide bonds. The van der Waals surface area contributed by atoms with Crippen LogP contribution in [0.2, 0.25) is 0 Å². The van der Waals surface area contributed by atoms with Crippen LogP contribution >= 0.6 is 0 Å². The first-order chi connectivity index (χ1) is 9.18. The average molecular weight is 260 g/mol. The zero-order valence-electron chi connectivity index (χ0n) is 11.4. The lowest BCUT2D eigenvalue weighted by Gasteiger charge is -2.11. The summed E-state index contributed by atoms with van der Waals surface area (Å²) < 4.78 is 7.63. The number of nitrogen functional groups attached to an aromatic ring is 1. The summed E-state index contributed by atoms with van der Waals surface area (Å²) in [6.45, 7) is 6.48. The van der Waals surface area contributed by atoms with E-state index in [1.165, 1.54) is 0 Å². The maximum atomic E-state index is 5.96. The summed E-state index contributed by atoms with van der Waals surface area (Å²) in [5, 5.41) is 0. The summed E-state index contributed by atoms with van der Waals surface area (Å²) in [7, 11) is 0. The van der Waals surface area contributed by atoms with E-state index in [2.05, 4.69) is 23.8 Å². The van der Waals surface area contributed by atoms with E-state index in [1.54, 1.807) is 31.0 Å². The first-order valence-electron chi connectivity index (χ1n) is 6.46. The van der Waals surface area contributed by atoms with Crippen LogP contribution < -0.4 is 5.73 Å². The number of ether oxygens (including phenoxy) is 1. The molecule has 0 unspecified atom stereocenters. The number of rotatable bonds is 6. The number of nitrogens with zero attached hydrogens (tertiary/aromatic N) is 3. The zero-order chi connectivity index (χ0) is 13.7. The van der Waals surface area contributed by atoms with Crippen LogP contribution in [0.3, 0.4) is 0 Å². The third-order valence-corrected chi connectivity index (χ3v) is 2.77. The molecule has 102 valence electrons. The van der Waals surface area contributed by atoms with Crippen molar-refractivity contribution in [3.05, 3.63) is 31.0 Å². The molecule has 19 heavy (non-hydrogen) atoms. The van der Waals surface area contributed by atoms with Crippen molar-refractivity contribution in [1.82, 2.24) is 14.5 Å². The van der Waals surface area contributed by atoms with E-state index in [-0.39, 0.29) is 0 Å². The standard InChI is InChI=1S/C14H20N4O/c1-11(2)9-19-6-5-18-10-17-8-14(18)12-7-16-4-3-13(12)15/h3-4,7-8,10-11H,5-6,9H2,1-2H3,(H2,15,16). The van der Waals surface area contributed by atoms with Crippen molar-refractivity contribution in [3.8, 4) is 11.3 Å². The minimum Gasteiger partial charge on any atom is -0.398 e. The molecular weight excluding hydrogens is 240 g/mol. The SMILES string of the molecule is CC(C)COCCn1cncc1-c1cnccc1N. The van der Waals surface area contributed by atoms with Crippen LogP contribution in [-0.2, 0) is 11.3 Å². The van der Waals surface area contributed by atoms with Crippen LogP contribution in [0.15, 0.2) is 31.0 Å². The Kier molecular flexibility index (Phi) is 4.52. The molecule has 2 N–H and O–H groups in total. The summed E-state index contributed by atoms with van der Waals surface area (Å²) in [5.41, 5.74) is 8.55. The Bertz CT molecular complexity index is 522. The molecule has 2 rings (SSSR count). The fourth-order valence-electron chi connectivity index (χ4n) is 1.82. The molecule has 0 atom stereocenters. The molecule has 0 radical (unpaired) electrons. The maximum absolute atomic E-state index is 5.96. The van der Waals surface area contributed by atoms with Crippen molar-refractivity contribution >= 4 is 5.69 Å². The highest BCUT2D eigenvalue weighted by Crippen LogP contribution is 2.23. The van der Waals surface area contributed by atoms with Gasteiger partial charge in [0.15, 0.2) is 0 Å². The van der Waals surface area contributed by atoms with E-state index < -0.39 is 0 Å². The van der Waals surface area contributed by atoms with Gasteiger partial charge >= 0.3 is 0 Å². The van der Waals surface area contributed by atoms with Crippen LogP contribution in [0.5, 0.6) is 0 Å². The van der Waals surface area contributed by atoms with Gasteiger partial charge in [-0.1, -0.05) is 13.8 Å². The highest BCUT2D eigenvalue weighted by molar-refractivity contribution is 5.72. The molecule has 5 heteroatoms. The van der Waals surface area contributed by atoms with Crippen molar-refractivity contribution in [2.75, 3.05) is 18.9 Å². The van der Waals surface area contributed by atoms with Gasteiger partial charge in [-0.3, -0.25) is 4.98 Å². The normalized spacial score (nSPS) is 11.1.